The van der Waals surface area contributed by atoms with Crippen LogP contribution in [0.15, 0.2) is 47.3 Å². The number of hydrogen-bond acceptors (Lipinski definition) is 3. The van der Waals surface area contributed by atoms with Crippen LogP contribution >= 0.6 is 0 Å². The lowest BCUT2D eigenvalue weighted by atomic mass is 10.2. The van der Waals surface area contributed by atoms with Crippen molar-refractivity contribution in [2.45, 2.75) is 0 Å². The number of furan rings is 1. The zero-order chi connectivity index (χ0) is 12.3. The number of carbonyl (C=O) groups is 1. The molecule has 4 nitrogen and oxygen atoms in total. The zero-order valence-electron chi connectivity index (χ0n) is 9.81. The van der Waals surface area contributed by atoms with E-state index in [1.165, 1.54) is 12.5 Å². The van der Waals surface area contributed by atoms with Crippen molar-refractivity contribution < 1.29 is 9.21 Å². The molecule has 2 rings (SSSR count). The Morgan fingerprint density at radius 3 is 2.65 bits per heavy atom. The van der Waals surface area contributed by atoms with Gasteiger partial charge >= 0.3 is 0 Å². The number of anilines is 2. The molecule has 2 aromatic rings. The average Bonchev–Trinajstić information content (AvgIpc) is 2.83. The van der Waals surface area contributed by atoms with Crippen molar-refractivity contribution in [2.24, 2.45) is 0 Å². The maximum Gasteiger partial charge on any atom is 0.258 e. The van der Waals surface area contributed by atoms with Crippen molar-refractivity contribution in [3.05, 3.63) is 48.4 Å². The van der Waals surface area contributed by atoms with Gasteiger partial charge in [0.2, 0.25) is 0 Å². The molecule has 0 saturated carbocycles. The molecule has 17 heavy (non-hydrogen) atoms. The zero-order valence-corrected chi connectivity index (χ0v) is 9.81. The van der Waals surface area contributed by atoms with E-state index in [0.29, 0.717) is 5.56 Å². The van der Waals surface area contributed by atoms with Gasteiger partial charge in [-0.3, -0.25) is 4.79 Å². The minimum Gasteiger partial charge on any atom is -0.472 e. The number of rotatable bonds is 3. The average molecular weight is 230 g/mol. The Bertz CT molecular complexity index is 504. The predicted octanol–water partition coefficient (Wildman–Crippen LogP) is 2.60. The second-order valence-corrected chi connectivity index (χ2v) is 3.88. The number of para-hydroxylation sites is 2. The number of nitrogens with zero attached hydrogens (tertiary/aromatic N) is 1. The van der Waals surface area contributed by atoms with Crippen LogP contribution in [0.3, 0.4) is 0 Å². The van der Waals surface area contributed by atoms with Gasteiger partial charge in [0.05, 0.1) is 23.2 Å². The summed E-state index contributed by atoms with van der Waals surface area (Å²) in [5.74, 6) is -0.173. The molecule has 0 aliphatic rings. The van der Waals surface area contributed by atoms with Crippen molar-refractivity contribution in [3.8, 4) is 0 Å². The van der Waals surface area contributed by atoms with Gasteiger partial charge in [-0.2, -0.15) is 0 Å². The molecular formula is C13H14N2O2. The third kappa shape index (κ3) is 2.47. The Balaban J connectivity index is 2.22. The highest BCUT2D eigenvalue weighted by atomic mass is 16.3. The fraction of sp³-hybridized carbons (Fsp3) is 0.154. The van der Waals surface area contributed by atoms with Crippen LogP contribution < -0.4 is 10.2 Å². The lowest BCUT2D eigenvalue weighted by molar-refractivity contribution is 0.102. The Kier molecular flexibility index (Phi) is 3.14. The number of amides is 1. The van der Waals surface area contributed by atoms with E-state index in [1.54, 1.807) is 6.07 Å². The molecule has 4 heteroatoms. The van der Waals surface area contributed by atoms with Gasteiger partial charge in [0.25, 0.3) is 5.91 Å². The highest BCUT2D eigenvalue weighted by Crippen LogP contribution is 2.23. The smallest absolute Gasteiger partial charge is 0.258 e. The largest absolute Gasteiger partial charge is 0.472 e. The quantitative estimate of drug-likeness (QED) is 0.881. The first-order chi connectivity index (χ1) is 8.18. The van der Waals surface area contributed by atoms with Gasteiger partial charge in [0, 0.05) is 14.1 Å². The summed E-state index contributed by atoms with van der Waals surface area (Å²) in [5.41, 5.74) is 2.26. The van der Waals surface area contributed by atoms with Gasteiger partial charge in [0.15, 0.2) is 0 Å². The highest BCUT2D eigenvalue weighted by molar-refractivity contribution is 6.05. The van der Waals surface area contributed by atoms with Crippen LogP contribution in [0.1, 0.15) is 10.4 Å². The van der Waals surface area contributed by atoms with Crippen molar-refractivity contribution in [2.75, 3.05) is 24.3 Å². The van der Waals surface area contributed by atoms with E-state index in [4.69, 9.17) is 4.42 Å². The van der Waals surface area contributed by atoms with Gasteiger partial charge in [-0.25, -0.2) is 0 Å². The molecule has 1 amide bonds. The Labute approximate surface area is 99.8 Å². The van der Waals surface area contributed by atoms with Crippen molar-refractivity contribution in [1.82, 2.24) is 0 Å². The summed E-state index contributed by atoms with van der Waals surface area (Å²) in [4.78, 5) is 13.8. The van der Waals surface area contributed by atoms with Gasteiger partial charge in [-0.15, -0.1) is 0 Å². The molecule has 88 valence electrons. The van der Waals surface area contributed by atoms with Crippen molar-refractivity contribution in [1.29, 1.82) is 0 Å². The summed E-state index contributed by atoms with van der Waals surface area (Å²) in [6.07, 6.45) is 2.90. The topological polar surface area (TPSA) is 45.5 Å². The number of benzene rings is 1. The Hall–Kier alpha value is -2.23. The lowest BCUT2D eigenvalue weighted by Crippen LogP contribution is -2.16. The van der Waals surface area contributed by atoms with Crippen LogP contribution in [-0.4, -0.2) is 20.0 Å². The molecule has 0 spiro atoms. The molecule has 1 aromatic heterocycles. The molecule has 0 saturated heterocycles. The molecule has 1 heterocycles. The molecule has 0 aliphatic carbocycles. The fourth-order valence-electron chi connectivity index (χ4n) is 1.56. The number of carbonyl (C=O) groups excluding carboxylic acids is 1. The minimum atomic E-state index is -0.173. The van der Waals surface area contributed by atoms with Gasteiger partial charge in [0.1, 0.15) is 6.26 Å². The first-order valence-corrected chi connectivity index (χ1v) is 5.28. The summed E-state index contributed by atoms with van der Waals surface area (Å²) in [6.45, 7) is 0. The highest BCUT2D eigenvalue weighted by Gasteiger charge is 2.10. The lowest BCUT2D eigenvalue weighted by Gasteiger charge is -2.17. The monoisotopic (exact) mass is 230 g/mol. The third-order valence-corrected chi connectivity index (χ3v) is 2.42. The fourth-order valence-corrected chi connectivity index (χ4v) is 1.56. The summed E-state index contributed by atoms with van der Waals surface area (Å²) in [7, 11) is 3.87. The van der Waals surface area contributed by atoms with E-state index in [0.717, 1.165) is 11.4 Å². The van der Waals surface area contributed by atoms with Crippen LogP contribution in [0, 0.1) is 0 Å². The SMILES string of the molecule is CN(C)c1ccccc1NC(=O)c1ccoc1. The van der Waals surface area contributed by atoms with Crippen molar-refractivity contribution >= 4 is 17.3 Å². The van der Waals surface area contributed by atoms with E-state index in [2.05, 4.69) is 5.32 Å². The molecule has 0 aliphatic heterocycles. The first kappa shape index (κ1) is 11.3. The van der Waals surface area contributed by atoms with Crippen LogP contribution in [-0.2, 0) is 0 Å². The predicted molar refractivity (Wildman–Crippen MR) is 67.4 cm³/mol. The summed E-state index contributed by atoms with van der Waals surface area (Å²) >= 11 is 0. The second-order valence-electron chi connectivity index (χ2n) is 3.88. The molecule has 0 fully saturated rings. The Morgan fingerprint density at radius 1 is 1.24 bits per heavy atom. The van der Waals surface area contributed by atoms with Crippen LogP contribution in [0.5, 0.6) is 0 Å². The summed E-state index contributed by atoms with van der Waals surface area (Å²) in [5, 5.41) is 2.85. The van der Waals surface area contributed by atoms with Crippen LogP contribution in [0.4, 0.5) is 11.4 Å². The van der Waals surface area contributed by atoms with E-state index in [9.17, 15) is 4.79 Å². The van der Waals surface area contributed by atoms with E-state index in [-0.39, 0.29) is 5.91 Å². The van der Waals surface area contributed by atoms with E-state index in [1.807, 2.05) is 43.3 Å². The van der Waals surface area contributed by atoms with E-state index >= 15 is 0 Å². The maximum absolute atomic E-state index is 11.9. The molecule has 0 bridgehead atoms. The number of hydrogen-bond donors (Lipinski definition) is 1. The number of nitrogens with one attached hydrogen (secondary N) is 1. The van der Waals surface area contributed by atoms with Gasteiger partial charge in [-0.05, 0) is 18.2 Å². The molecular weight excluding hydrogens is 216 g/mol. The Morgan fingerprint density at radius 2 is 2.00 bits per heavy atom. The second kappa shape index (κ2) is 4.74. The minimum absolute atomic E-state index is 0.173. The normalized spacial score (nSPS) is 10.0. The molecule has 0 unspecified atom stereocenters. The van der Waals surface area contributed by atoms with Crippen LogP contribution in [0.25, 0.3) is 0 Å². The molecule has 1 aromatic carbocycles. The third-order valence-electron chi connectivity index (χ3n) is 2.42. The van der Waals surface area contributed by atoms with Gasteiger partial charge < -0.3 is 14.6 Å². The molecule has 0 atom stereocenters. The first-order valence-electron chi connectivity index (χ1n) is 5.28. The van der Waals surface area contributed by atoms with Gasteiger partial charge in [-0.1, -0.05) is 12.1 Å². The summed E-state index contributed by atoms with van der Waals surface area (Å²) in [6, 6.07) is 9.27. The van der Waals surface area contributed by atoms with Crippen LogP contribution in [0.2, 0.25) is 0 Å². The maximum atomic E-state index is 11.9. The molecule has 1 N–H and O–H groups in total. The molecule has 0 radical (unpaired) electrons. The summed E-state index contributed by atoms with van der Waals surface area (Å²) < 4.78 is 4.88. The van der Waals surface area contributed by atoms with Crippen molar-refractivity contribution in [3.63, 3.8) is 0 Å². The standard InChI is InChI=1S/C13H14N2O2/c1-15(2)12-6-4-3-5-11(12)14-13(16)10-7-8-17-9-10/h3-9H,1-2H3,(H,14,16). The van der Waals surface area contributed by atoms with E-state index < -0.39 is 0 Å².